The molecule has 0 atom stereocenters. The van der Waals surface area contributed by atoms with Crippen LogP contribution in [0.15, 0.2) is 42.5 Å². The zero-order valence-corrected chi connectivity index (χ0v) is 14.1. The quantitative estimate of drug-likeness (QED) is 0.841. The van der Waals surface area contributed by atoms with Gasteiger partial charge in [0.1, 0.15) is 0 Å². The molecule has 110 valence electrons. The molecule has 1 amide bonds. The van der Waals surface area contributed by atoms with Gasteiger partial charge in [0.2, 0.25) is 0 Å². The van der Waals surface area contributed by atoms with Crippen LogP contribution in [0.1, 0.15) is 21.5 Å². The van der Waals surface area contributed by atoms with Crippen LogP contribution in [-0.4, -0.2) is 20.0 Å². The third-order valence-electron chi connectivity index (χ3n) is 3.35. The summed E-state index contributed by atoms with van der Waals surface area (Å²) in [5.74, 6) is -0.0863. The van der Waals surface area contributed by atoms with Crippen LogP contribution in [0.4, 0.5) is 11.4 Å². The number of carbonyl (C=O) groups excluding carboxylic acids is 1. The molecule has 0 bridgehead atoms. The Kier molecular flexibility index (Phi) is 5.02. The van der Waals surface area contributed by atoms with Crippen LogP contribution in [0.3, 0.4) is 0 Å². The number of hydrogen-bond donors (Lipinski definition) is 1. The van der Waals surface area contributed by atoms with Crippen molar-refractivity contribution in [3.8, 4) is 0 Å². The van der Waals surface area contributed by atoms with Crippen LogP contribution in [-0.2, 0) is 5.33 Å². The van der Waals surface area contributed by atoms with Crippen LogP contribution in [0.2, 0.25) is 0 Å². The van der Waals surface area contributed by atoms with Gasteiger partial charge in [0.25, 0.3) is 5.91 Å². The third kappa shape index (κ3) is 3.85. The molecule has 3 nitrogen and oxygen atoms in total. The van der Waals surface area contributed by atoms with Gasteiger partial charge < -0.3 is 10.2 Å². The Labute approximate surface area is 134 Å². The molecular formula is C17H19BrN2O. The van der Waals surface area contributed by atoms with E-state index in [2.05, 4.69) is 27.3 Å². The lowest BCUT2D eigenvalue weighted by atomic mass is 10.1. The van der Waals surface area contributed by atoms with Crippen molar-refractivity contribution >= 4 is 33.2 Å². The summed E-state index contributed by atoms with van der Waals surface area (Å²) >= 11 is 3.40. The molecule has 0 unspecified atom stereocenters. The van der Waals surface area contributed by atoms with E-state index in [1.54, 1.807) is 0 Å². The molecule has 0 spiro atoms. The minimum Gasteiger partial charge on any atom is -0.378 e. The Morgan fingerprint density at radius 1 is 1.14 bits per heavy atom. The topological polar surface area (TPSA) is 32.3 Å². The number of halogens is 1. The van der Waals surface area contributed by atoms with Gasteiger partial charge in [0.05, 0.1) is 0 Å². The lowest BCUT2D eigenvalue weighted by Gasteiger charge is -2.15. The molecule has 0 aliphatic heterocycles. The van der Waals surface area contributed by atoms with Gasteiger partial charge in [-0.2, -0.15) is 0 Å². The van der Waals surface area contributed by atoms with E-state index in [4.69, 9.17) is 0 Å². The number of alkyl halides is 1. The molecule has 21 heavy (non-hydrogen) atoms. The van der Waals surface area contributed by atoms with Gasteiger partial charge in [-0.1, -0.05) is 28.1 Å². The Hall–Kier alpha value is -1.81. The first-order valence-corrected chi connectivity index (χ1v) is 7.87. The molecule has 0 aromatic heterocycles. The Bertz CT molecular complexity index is 636. The molecule has 0 aliphatic rings. The Balaban J connectivity index is 2.15. The van der Waals surface area contributed by atoms with Crippen LogP contribution in [0.25, 0.3) is 0 Å². The van der Waals surface area contributed by atoms with Crippen molar-refractivity contribution in [2.24, 2.45) is 0 Å². The summed E-state index contributed by atoms with van der Waals surface area (Å²) in [6, 6.07) is 13.6. The number of amides is 1. The predicted molar refractivity (Wildman–Crippen MR) is 92.5 cm³/mol. The summed E-state index contributed by atoms with van der Waals surface area (Å²) in [6.07, 6.45) is 0. The molecule has 4 heteroatoms. The second-order valence-corrected chi connectivity index (χ2v) is 5.74. The second kappa shape index (κ2) is 6.76. The number of hydrogen-bond acceptors (Lipinski definition) is 2. The SMILES string of the molecule is Cc1cc(N(C)C)ccc1NC(=O)c1ccc(CBr)cc1. The van der Waals surface area contributed by atoms with Crippen molar-refractivity contribution in [1.29, 1.82) is 0 Å². The molecule has 2 aromatic rings. The molecule has 0 saturated carbocycles. The Morgan fingerprint density at radius 3 is 2.33 bits per heavy atom. The number of benzene rings is 2. The van der Waals surface area contributed by atoms with Crippen molar-refractivity contribution in [2.75, 3.05) is 24.3 Å². The van der Waals surface area contributed by atoms with Crippen molar-refractivity contribution < 1.29 is 4.79 Å². The summed E-state index contributed by atoms with van der Waals surface area (Å²) in [7, 11) is 4.00. The first-order chi connectivity index (χ1) is 10.0. The molecule has 2 aromatic carbocycles. The summed E-state index contributed by atoms with van der Waals surface area (Å²) in [5, 5.41) is 3.75. The van der Waals surface area contributed by atoms with Gasteiger partial charge in [-0.3, -0.25) is 4.79 Å². The number of carbonyl (C=O) groups is 1. The lowest BCUT2D eigenvalue weighted by molar-refractivity contribution is 0.102. The van der Waals surface area contributed by atoms with E-state index in [-0.39, 0.29) is 5.91 Å². The summed E-state index contributed by atoms with van der Waals surface area (Å²) in [4.78, 5) is 14.3. The van der Waals surface area contributed by atoms with E-state index in [1.807, 2.05) is 62.3 Å². The molecule has 0 heterocycles. The van der Waals surface area contributed by atoms with Crippen LogP contribution < -0.4 is 10.2 Å². The normalized spacial score (nSPS) is 10.3. The summed E-state index contributed by atoms with van der Waals surface area (Å²) < 4.78 is 0. The largest absolute Gasteiger partial charge is 0.378 e. The van der Waals surface area contributed by atoms with Gasteiger partial charge >= 0.3 is 0 Å². The maximum Gasteiger partial charge on any atom is 0.255 e. The average Bonchev–Trinajstić information content (AvgIpc) is 2.49. The zero-order chi connectivity index (χ0) is 15.4. The highest BCUT2D eigenvalue weighted by Crippen LogP contribution is 2.22. The lowest BCUT2D eigenvalue weighted by Crippen LogP contribution is -2.14. The molecule has 0 fully saturated rings. The van der Waals surface area contributed by atoms with Crippen molar-refractivity contribution in [2.45, 2.75) is 12.3 Å². The van der Waals surface area contributed by atoms with E-state index in [9.17, 15) is 4.79 Å². The van der Waals surface area contributed by atoms with E-state index in [0.717, 1.165) is 27.8 Å². The minimum atomic E-state index is -0.0863. The van der Waals surface area contributed by atoms with E-state index in [1.165, 1.54) is 0 Å². The highest BCUT2D eigenvalue weighted by atomic mass is 79.9. The number of aryl methyl sites for hydroxylation is 1. The van der Waals surface area contributed by atoms with E-state index >= 15 is 0 Å². The monoisotopic (exact) mass is 346 g/mol. The van der Waals surface area contributed by atoms with E-state index < -0.39 is 0 Å². The molecule has 0 aliphatic carbocycles. The average molecular weight is 347 g/mol. The van der Waals surface area contributed by atoms with Crippen molar-refractivity contribution in [3.05, 3.63) is 59.2 Å². The van der Waals surface area contributed by atoms with Gasteiger partial charge in [-0.15, -0.1) is 0 Å². The maximum atomic E-state index is 12.3. The van der Waals surface area contributed by atoms with Crippen LogP contribution in [0, 0.1) is 6.92 Å². The fourth-order valence-corrected chi connectivity index (χ4v) is 2.38. The Morgan fingerprint density at radius 2 is 1.81 bits per heavy atom. The first-order valence-electron chi connectivity index (χ1n) is 6.75. The zero-order valence-electron chi connectivity index (χ0n) is 12.5. The number of rotatable bonds is 4. The highest BCUT2D eigenvalue weighted by Gasteiger charge is 2.08. The standard InChI is InChI=1S/C17H19BrN2O/c1-12-10-15(20(2)3)8-9-16(12)19-17(21)14-6-4-13(11-18)5-7-14/h4-10H,11H2,1-3H3,(H,19,21). The molecule has 0 radical (unpaired) electrons. The second-order valence-electron chi connectivity index (χ2n) is 5.18. The smallest absolute Gasteiger partial charge is 0.255 e. The highest BCUT2D eigenvalue weighted by molar-refractivity contribution is 9.08. The maximum absolute atomic E-state index is 12.3. The van der Waals surface area contributed by atoms with Gasteiger partial charge in [-0.25, -0.2) is 0 Å². The van der Waals surface area contributed by atoms with E-state index in [0.29, 0.717) is 5.56 Å². The minimum absolute atomic E-state index is 0.0863. The van der Waals surface area contributed by atoms with Crippen molar-refractivity contribution in [1.82, 2.24) is 0 Å². The van der Waals surface area contributed by atoms with Crippen molar-refractivity contribution in [3.63, 3.8) is 0 Å². The van der Waals surface area contributed by atoms with Crippen LogP contribution >= 0.6 is 15.9 Å². The van der Waals surface area contributed by atoms with Crippen LogP contribution in [0.5, 0.6) is 0 Å². The van der Waals surface area contributed by atoms with Gasteiger partial charge in [-0.05, 0) is 48.4 Å². The summed E-state index contributed by atoms with van der Waals surface area (Å²) in [5.41, 5.74) is 4.82. The first kappa shape index (κ1) is 15.6. The molecular weight excluding hydrogens is 328 g/mol. The number of nitrogens with one attached hydrogen (secondary N) is 1. The van der Waals surface area contributed by atoms with Gasteiger partial charge in [0.15, 0.2) is 0 Å². The fourth-order valence-electron chi connectivity index (χ4n) is 2.01. The summed E-state index contributed by atoms with van der Waals surface area (Å²) in [6.45, 7) is 2.00. The fraction of sp³-hybridized carbons (Fsp3) is 0.235. The number of anilines is 2. The molecule has 1 N–H and O–H groups in total. The third-order valence-corrected chi connectivity index (χ3v) is 3.99. The predicted octanol–water partition coefficient (Wildman–Crippen LogP) is 4.21. The molecule has 2 rings (SSSR count). The number of nitrogens with zero attached hydrogens (tertiary/aromatic N) is 1. The molecule has 0 saturated heterocycles. The van der Waals surface area contributed by atoms with Gasteiger partial charge in [0, 0.05) is 36.4 Å².